The summed E-state index contributed by atoms with van der Waals surface area (Å²) < 4.78 is 10.7. The van der Waals surface area contributed by atoms with Crippen LogP contribution in [0, 0.1) is 12.8 Å². The highest BCUT2D eigenvalue weighted by atomic mass is 16.5. The molecule has 0 aliphatic carbocycles. The van der Waals surface area contributed by atoms with E-state index in [-0.39, 0.29) is 11.8 Å². The summed E-state index contributed by atoms with van der Waals surface area (Å²) in [5, 5.41) is 7.88. The van der Waals surface area contributed by atoms with Gasteiger partial charge in [-0.05, 0) is 19.4 Å². The van der Waals surface area contributed by atoms with Crippen LogP contribution in [0.25, 0.3) is 0 Å². The second-order valence-electron chi connectivity index (χ2n) is 5.73. The summed E-state index contributed by atoms with van der Waals surface area (Å²) >= 11 is 0. The minimum Gasteiger partial charge on any atom is -0.424 e. The fraction of sp³-hybridized carbons (Fsp3) is 0.786. The fourth-order valence-corrected chi connectivity index (χ4v) is 3.04. The molecule has 2 fully saturated rings. The van der Waals surface area contributed by atoms with Gasteiger partial charge in [0.25, 0.3) is 0 Å². The third kappa shape index (κ3) is 3.59. The van der Waals surface area contributed by atoms with Gasteiger partial charge < -0.3 is 14.1 Å². The minimum absolute atomic E-state index is 0.0841. The van der Waals surface area contributed by atoms with Gasteiger partial charge in [-0.3, -0.25) is 9.69 Å². The molecule has 1 amide bonds. The zero-order chi connectivity index (χ0) is 14.7. The van der Waals surface area contributed by atoms with Crippen LogP contribution < -0.4 is 0 Å². The Morgan fingerprint density at radius 2 is 2.10 bits per heavy atom. The molecule has 1 aromatic rings. The SMILES string of the molecule is Cc1nnc(CN2CCCC(C(=O)N3CCOCC3)C2)o1. The largest absolute Gasteiger partial charge is 0.424 e. The minimum atomic E-state index is 0.0841. The molecular weight excluding hydrogens is 272 g/mol. The van der Waals surface area contributed by atoms with Crippen LogP contribution in [0.3, 0.4) is 0 Å². The van der Waals surface area contributed by atoms with E-state index < -0.39 is 0 Å². The summed E-state index contributed by atoms with van der Waals surface area (Å²) in [6.07, 6.45) is 2.00. The van der Waals surface area contributed by atoms with E-state index in [1.165, 1.54) is 0 Å². The molecule has 0 saturated carbocycles. The molecule has 7 nitrogen and oxygen atoms in total. The van der Waals surface area contributed by atoms with E-state index in [0.717, 1.165) is 39.0 Å². The zero-order valence-corrected chi connectivity index (χ0v) is 12.5. The predicted molar refractivity (Wildman–Crippen MR) is 74.4 cm³/mol. The first kappa shape index (κ1) is 14.5. The van der Waals surface area contributed by atoms with Gasteiger partial charge in [0.05, 0.1) is 25.7 Å². The topological polar surface area (TPSA) is 71.7 Å². The van der Waals surface area contributed by atoms with Crippen LogP contribution in [0.15, 0.2) is 4.42 Å². The van der Waals surface area contributed by atoms with Crippen LogP contribution in [0.5, 0.6) is 0 Å². The Kier molecular flexibility index (Phi) is 4.50. The molecule has 2 saturated heterocycles. The predicted octanol–water partition coefficient (Wildman–Crippen LogP) is 0.449. The number of nitrogens with zero attached hydrogens (tertiary/aromatic N) is 4. The lowest BCUT2D eigenvalue weighted by Crippen LogP contribution is -2.48. The van der Waals surface area contributed by atoms with Gasteiger partial charge in [0.2, 0.25) is 17.7 Å². The molecule has 3 heterocycles. The number of likely N-dealkylation sites (tertiary alicyclic amines) is 1. The van der Waals surface area contributed by atoms with Crippen molar-refractivity contribution in [1.82, 2.24) is 20.0 Å². The monoisotopic (exact) mass is 294 g/mol. The first-order valence-electron chi connectivity index (χ1n) is 7.60. The summed E-state index contributed by atoms with van der Waals surface area (Å²) in [4.78, 5) is 16.7. The van der Waals surface area contributed by atoms with Gasteiger partial charge in [-0.1, -0.05) is 0 Å². The van der Waals surface area contributed by atoms with Crippen molar-refractivity contribution in [3.05, 3.63) is 11.8 Å². The highest BCUT2D eigenvalue weighted by Crippen LogP contribution is 2.21. The zero-order valence-electron chi connectivity index (χ0n) is 12.5. The summed E-state index contributed by atoms with van der Waals surface area (Å²) in [6, 6.07) is 0. The Hall–Kier alpha value is -1.47. The standard InChI is InChI=1S/C14H22N4O3/c1-11-15-16-13(21-11)10-17-4-2-3-12(9-17)14(19)18-5-7-20-8-6-18/h12H,2-10H2,1H3. The lowest BCUT2D eigenvalue weighted by molar-refractivity contribution is -0.141. The van der Waals surface area contributed by atoms with Crippen LogP contribution in [0.4, 0.5) is 0 Å². The molecule has 3 rings (SSSR count). The molecule has 21 heavy (non-hydrogen) atoms. The molecule has 1 atom stereocenters. The van der Waals surface area contributed by atoms with Crippen molar-refractivity contribution in [2.45, 2.75) is 26.3 Å². The van der Waals surface area contributed by atoms with E-state index in [4.69, 9.17) is 9.15 Å². The lowest BCUT2D eigenvalue weighted by atomic mass is 9.96. The van der Waals surface area contributed by atoms with Crippen molar-refractivity contribution in [2.75, 3.05) is 39.4 Å². The average molecular weight is 294 g/mol. The van der Waals surface area contributed by atoms with Crippen molar-refractivity contribution < 1.29 is 13.9 Å². The van der Waals surface area contributed by atoms with Gasteiger partial charge in [0, 0.05) is 26.6 Å². The molecule has 0 aromatic carbocycles. The number of rotatable bonds is 3. The third-order valence-corrected chi connectivity index (χ3v) is 4.10. The van der Waals surface area contributed by atoms with Gasteiger partial charge in [-0.2, -0.15) is 0 Å². The fourth-order valence-electron chi connectivity index (χ4n) is 3.04. The maximum absolute atomic E-state index is 12.5. The molecule has 0 spiro atoms. The van der Waals surface area contributed by atoms with Crippen molar-refractivity contribution in [3.63, 3.8) is 0 Å². The molecular formula is C14H22N4O3. The van der Waals surface area contributed by atoms with Crippen LogP contribution in [0.1, 0.15) is 24.6 Å². The number of hydrogen-bond donors (Lipinski definition) is 0. The number of aromatic nitrogens is 2. The van der Waals surface area contributed by atoms with Gasteiger partial charge in [0.1, 0.15) is 0 Å². The van der Waals surface area contributed by atoms with Gasteiger partial charge in [0.15, 0.2) is 0 Å². The van der Waals surface area contributed by atoms with Crippen LogP contribution >= 0.6 is 0 Å². The number of aryl methyl sites for hydroxylation is 1. The normalized spacial score (nSPS) is 24.2. The molecule has 2 aliphatic rings. The summed E-state index contributed by atoms with van der Waals surface area (Å²) in [5.41, 5.74) is 0. The summed E-state index contributed by atoms with van der Waals surface area (Å²) in [5.74, 6) is 1.57. The van der Waals surface area contributed by atoms with Gasteiger partial charge in [-0.25, -0.2) is 0 Å². The van der Waals surface area contributed by atoms with E-state index >= 15 is 0 Å². The quantitative estimate of drug-likeness (QED) is 0.806. The molecule has 0 radical (unpaired) electrons. The molecule has 0 N–H and O–H groups in total. The third-order valence-electron chi connectivity index (χ3n) is 4.10. The second-order valence-corrected chi connectivity index (χ2v) is 5.73. The van der Waals surface area contributed by atoms with Crippen LogP contribution in [-0.2, 0) is 16.1 Å². The first-order chi connectivity index (χ1) is 10.2. The molecule has 7 heteroatoms. The van der Waals surface area contributed by atoms with E-state index in [9.17, 15) is 4.79 Å². The highest BCUT2D eigenvalue weighted by molar-refractivity contribution is 5.79. The number of hydrogen-bond acceptors (Lipinski definition) is 6. The second kappa shape index (κ2) is 6.53. The highest BCUT2D eigenvalue weighted by Gasteiger charge is 2.30. The van der Waals surface area contributed by atoms with E-state index in [2.05, 4.69) is 15.1 Å². The number of piperidine rings is 1. The molecule has 116 valence electrons. The Balaban J connectivity index is 1.56. The number of ether oxygens (including phenoxy) is 1. The number of amides is 1. The maximum Gasteiger partial charge on any atom is 0.230 e. The van der Waals surface area contributed by atoms with Crippen molar-refractivity contribution in [2.24, 2.45) is 5.92 Å². The number of morpholine rings is 1. The molecule has 0 bridgehead atoms. The Labute approximate surface area is 124 Å². The molecule has 1 aromatic heterocycles. The van der Waals surface area contributed by atoms with Crippen LogP contribution in [-0.4, -0.2) is 65.3 Å². The van der Waals surface area contributed by atoms with Crippen molar-refractivity contribution >= 4 is 5.91 Å². The maximum atomic E-state index is 12.5. The number of carbonyl (C=O) groups excluding carboxylic acids is 1. The van der Waals surface area contributed by atoms with Gasteiger partial charge >= 0.3 is 0 Å². The number of carbonyl (C=O) groups is 1. The summed E-state index contributed by atoms with van der Waals surface area (Å²) in [7, 11) is 0. The van der Waals surface area contributed by atoms with Crippen molar-refractivity contribution in [3.8, 4) is 0 Å². The molecule has 1 unspecified atom stereocenters. The summed E-state index contributed by atoms with van der Waals surface area (Å²) in [6.45, 7) is 6.93. The van der Waals surface area contributed by atoms with Crippen LogP contribution in [0.2, 0.25) is 0 Å². The smallest absolute Gasteiger partial charge is 0.230 e. The average Bonchev–Trinajstić information content (AvgIpc) is 2.93. The van der Waals surface area contributed by atoms with E-state index in [1.807, 2.05) is 4.90 Å². The Bertz CT molecular complexity index is 484. The molecule has 2 aliphatic heterocycles. The first-order valence-corrected chi connectivity index (χ1v) is 7.60. The van der Waals surface area contributed by atoms with Gasteiger partial charge in [-0.15, -0.1) is 10.2 Å². The lowest BCUT2D eigenvalue weighted by Gasteiger charge is -2.35. The van der Waals surface area contributed by atoms with E-state index in [1.54, 1.807) is 6.92 Å². The van der Waals surface area contributed by atoms with E-state index in [0.29, 0.717) is 31.5 Å². The Morgan fingerprint density at radius 1 is 1.29 bits per heavy atom. The Morgan fingerprint density at radius 3 is 2.81 bits per heavy atom. The van der Waals surface area contributed by atoms with Crippen molar-refractivity contribution in [1.29, 1.82) is 0 Å².